The van der Waals surface area contributed by atoms with Crippen molar-refractivity contribution in [2.75, 3.05) is 0 Å². The highest BCUT2D eigenvalue weighted by molar-refractivity contribution is 7.89. The minimum atomic E-state index is -3.87. The zero-order chi connectivity index (χ0) is 25.0. The molecule has 4 aromatic rings. The molecule has 4 rings (SSSR count). The van der Waals surface area contributed by atoms with E-state index in [1.807, 2.05) is 30.3 Å². The number of aromatic nitrogens is 1. The monoisotopic (exact) mass is 492 g/mol. The molecule has 0 saturated carbocycles. The maximum absolute atomic E-state index is 12.7. The molecule has 0 saturated heterocycles. The number of nitrogens with two attached hydrogens (primary N) is 1. The highest BCUT2D eigenvalue weighted by Gasteiger charge is 2.22. The van der Waals surface area contributed by atoms with Gasteiger partial charge in [-0.3, -0.25) is 4.79 Å². The Balaban J connectivity index is 1.68. The van der Waals surface area contributed by atoms with E-state index in [1.165, 1.54) is 31.2 Å². The van der Waals surface area contributed by atoms with Crippen molar-refractivity contribution in [2.24, 2.45) is 5.14 Å². The molecule has 0 bridgehead atoms. The van der Waals surface area contributed by atoms with E-state index in [1.54, 1.807) is 24.3 Å². The Morgan fingerprint density at radius 1 is 0.914 bits per heavy atom. The normalized spacial score (nSPS) is 11.1. The van der Waals surface area contributed by atoms with Crippen molar-refractivity contribution in [2.45, 2.75) is 18.4 Å². The molecule has 1 aromatic heterocycles. The van der Waals surface area contributed by atoms with E-state index in [0.29, 0.717) is 16.8 Å². The van der Waals surface area contributed by atoms with Gasteiger partial charge in [0.1, 0.15) is 17.0 Å². The van der Waals surface area contributed by atoms with Gasteiger partial charge in [0.05, 0.1) is 10.5 Å². The highest BCUT2D eigenvalue weighted by atomic mass is 32.2. The zero-order valence-electron chi connectivity index (χ0n) is 18.5. The standard InChI is InChI=1S/C25H20N2O7S/c1-16(28)33-21-10-6-5-9-20(21)25(29)32-15-22-23(17-11-13-19(14-12-17)35(26,30)31)24(27-34-22)18-7-3-2-4-8-18/h2-14H,15H2,1H3,(H2,26,30,31). The first-order valence-electron chi connectivity index (χ1n) is 10.4. The highest BCUT2D eigenvalue weighted by Crippen LogP contribution is 2.35. The average molecular weight is 493 g/mol. The SMILES string of the molecule is CC(=O)Oc1ccccc1C(=O)OCc1onc(-c2ccccc2)c1-c1ccc(S(N)(=O)=O)cc1. The molecule has 0 spiro atoms. The smallest absolute Gasteiger partial charge is 0.342 e. The van der Waals surface area contributed by atoms with Crippen LogP contribution in [0.1, 0.15) is 23.0 Å². The largest absolute Gasteiger partial charge is 0.454 e. The molecule has 9 nitrogen and oxygen atoms in total. The molecule has 0 atom stereocenters. The summed E-state index contributed by atoms with van der Waals surface area (Å²) in [6, 6.07) is 21.3. The maximum Gasteiger partial charge on any atom is 0.342 e. The molecular formula is C25H20N2O7S. The predicted molar refractivity (Wildman–Crippen MR) is 126 cm³/mol. The van der Waals surface area contributed by atoms with Gasteiger partial charge in [0, 0.05) is 12.5 Å². The van der Waals surface area contributed by atoms with Gasteiger partial charge in [-0.25, -0.2) is 18.4 Å². The lowest BCUT2D eigenvalue weighted by Crippen LogP contribution is -2.11. The van der Waals surface area contributed by atoms with Crippen molar-refractivity contribution >= 4 is 22.0 Å². The van der Waals surface area contributed by atoms with Crippen LogP contribution in [-0.4, -0.2) is 25.5 Å². The minimum absolute atomic E-state index is 0.0472. The number of nitrogens with zero attached hydrogens (tertiary/aromatic N) is 1. The molecule has 0 aliphatic rings. The van der Waals surface area contributed by atoms with Crippen LogP contribution in [-0.2, 0) is 26.2 Å². The van der Waals surface area contributed by atoms with Gasteiger partial charge >= 0.3 is 11.9 Å². The van der Waals surface area contributed by atoms with E-state index < -0.39 is 22.0 Å². The van der Waals surface area contributed by atoms with Crippen LogP contribution in [0.2, 0.25) is 0 Å². The summed E-state index contributed by atoms with van der Waals surface area (Å²) in [6.07, 6.45) is 0. The van der Waals surface area contributed by atoms with Gasteiger partial charge in [-0.1, -0.05) is 59.8 Å². The first-order valence-corrected chi connectivity index (χ1v) is 11.9. The number of rotatable bonds is 7. The van der Waals surface area contributed by atoms with Crippen LogP contribution in [0, 0.1) is 0 Å². The quantitative estimate of drug-likeness (QED) is 0.302. The Labute approximate surface area is 201 Å². The first kappa shape index (κ1) is 23.9. The van der Waals surface area contributed by atoms with Crippen molar-refractivity contribution in [3.8, 4) is 28.1 Å². The topological polar surface area (TPSA) is 139 Å². The van der Waals surface area contributed by atoms with Gasteiger partial charge < -0.3 is 14.0 Å². The van der Waals surface area contributed by atoms with Crippen LogP contribution in [0.15, 0.2) is 88.3 Å². The van der Waals surface area contributed by atoms with Crippen LogP contribution in [0.5, 0.6) is 5.75 Å². The molecule has 0 radical (unpaired) electrons. The molecule has 0 fully saturated rings. The van der Waals surface area contributed by atoms with Gasteiger partial charge in [0.2, 0.25) is 10.0 Å². The lowest BCUT2D eigenvalue weighted by Gasteiger charge is -2.09. The molecule has 0 aliphatic heterocycles. The van der Waals surface area contributed by atoms with Gasteiger partial charge in [0.15, 0.2) is 12.4 Å². The molecule has 2 N–H and O–H groups in total. The Kier molecular flexibility index (Phi) is 6.76. The summed E-state index contributed by atoms with van der Waals surface area (Å²) < 4.78 is 39.4. The van der Waals surface area contributed by atoms with E-state index in [4.69, 9.17) is 19.1 Å². The average Bonchev–Trinajstić information content (AvgIpc) is 3.26. The lowest BCUT2D eigenvalue weighted by molar-refractivity contribution is -0.131. The van der Waals surface area contributed by atoms with Gasteiger partial charge in [0.25, 0.3) is 0 Å². The fourth-order valence-electron chi connectivity index (χ4n) is 3.41. The van der Waals surface area contributed by atoms with Crippen molar-refractivity contribution in [1.29, 1.82) is 0 Å². The van der Waals surface area contributed by atoms with Crippen LogP contribution < -0.4 is 9.88 Å². The fourth-order valence-corrected chi connectivity index (χ4v) is 3.93. The Morgan fingerprint density at radius 3 is 2.23 bits per heavy atom. The molecule has 3 aromatic carbocycles. The number of ether oxygens (including phenoxy) is 2. The first-order chi connectivity index (χ1) is 16.7. The molecule has 10 heteroatoms. The second-order valence-electron chi connectivity index (χ2n) is 7.43. The number of hydrogen-bond acceptors (Lipinski definition) is 8. The summed E-state index contributed by atoms with van der Waals surface area (Å²) in [7, 11) is -3.87. The van der Waals surface area contributed by atoms with Crippen molar-refractivity contribution in [3.05, 3.63) is 90.2 Å². The molecule has 1 heterocycles. The Hall–Kier alpha value is -4.28. The number of carbonyl (C=O) groups excluding carboxylic acids is 2. The van der Waals surface area contributed by atoms with E-state index in [-0.39, 0.29) is 28.6 Å². The number of sulfonamides is 1. The molecule has 178 valence electrons. The lowest BCUT2D eigenvalue weighted by atomic mass is 9.99. The van der Waals surface area contributed by atoms with E-state index in [9.17, 15) is 18.0 Å². The molecular weight excluding hydrogens is 472 g/mol. The second kappa shape index (κ2) is 9.92. The molecule has 35 heavy (non-hydrogen) atoms. The van der Waals surface area contributed by atoms with E-state index in [0.717, 1.165) is 5.56 Å². The predicted octanol–water partition coefficient (Wildman–Crippen LogP) is 3.94. The summed E-state index contributed by atoms with van der Waals surface area (Å²) in [5.41, 5.74) is 2.42. The number of esters is 2. The van der Waals surface area contributed by atoms with Crippen LogP contribution >= 0.6 is 0 Å². The summed E-state index contributed by atoms with van der Waals surface area (Å²) >= 11 is 0. The summed E-state index contributed by atoms with van der Waals surface area (Å²) in [5, 5.41) is 9.37. The number of para-hydroxylation sites is 1. The summed E-state index contributed by atoms with van der Waals surface area (Å²) in [6.45, 7) is 0.953. The number of carbonyl (C=O) groups is 2. The summed E-state index contributed by atoms with van der Waals surface area (Å²) in [4.78, 5) is 24.0. The molecule has 0 aliphatic carbocycles. The van der Waals surface area contributed by atoms with Gasteiger partial charge in [-0.05, 0) is 29.8 Å². The second-order valence-corrected chi connectivity index (χ2v) is 8.99. The van der Waals surface area contributed by atoms with Crippen molar-refractivity contribution < 1.29 is 32.0 Å². The van der Waals surface area contributed by atoms with Crippen LogP contribution in [0.4, 0.5) is 0 Å². The molecule has 0 amide bonds. The van der Waals surface area contributed by atoms with Gasteiger partial charge in [-0.15, -0.1) is 0 Å². The number of primary sulfonamides is 1. The van der Waals surface area contributed by atoms with Crippen molar-refractivity contribution in [3.63, 3.8) is 0 Å². The third-order valence-corrected chi connectivity index (χ3v) is 5.91. The Bertz CT molecular complexity index is 1480. The maximum atomic E-state index is 12.7. The van der Waals surface area contributed by atoms with Gasteiger partial charge in [-0.2, -0.15) is 0 Å². The zero-order valence-corrected chi connectivity index (χ0v) is 19.3. The molecule has 0 unspecified atom stereocenters. The number of hydrogen-bond donors (Lipinski definition) is 1. The number of benzene rings is 3. The third-order valence-electron chi connectivity index (χ3n) is 4.98. The van der Waals surface area contributed by atoms with E-state index >= 15 is 0 Å². The van der Waals surface area contributed by atoms with Crippen LogP contribution in [0.3, 0.4) is 0 Å². The fraction of sp³-hybridized carbons (Fsp3) is 0.0800. The van der Waals surface area contributed by atoms with E-state index in [2.05, 4.69) is 5.16 Å². The van der Waals surface area contributed by atoms with Crippen LogP contribution in [0.25, 0.3) is 22.4 Å². The Morgan fingerprint density at radius 2 is 1.57 bits per heavy atom. The van der Waals surface area contributed by atoms with Crippen molar-refractivity contribution in [1.82, 2.24) is 5.16 Å². The summed E-state index contributed by atoms with van der Waals surface area (Å²) in [5.74, 6) is -0.981. The minimum Gasteiger partial charge on any atom is -0.454 e. The third kappa shape index (κ3) is 5.45.